The molecule has 32 heavy (non-hydrogen) atoms. The fourth-order valence-electron chi connectivity index (χ4n) is 3.09. The van der Waals surface area contributed by atoms with Gasteiger partial charge in [0, 0.05) is 12.6 Å². The van der Waals surface area contributed by atoms with Crippen molar-refractivity contribution >= 4 is 23.5 Å². The minimum Gasteiger partial charge on any atom is -0.489 e. The number of halogens is 1. The van der Waals surface area contributed by atoms with E-state index >= 15 is 0 Å². The van der Waals surface area contributed by atoms with Crippen LogP contribution < -0.4 is 15.5 Å². The van der Waals surface area contributed by atoms with Crippen molar-refractivity contribution in [3.8, 4) is 16.9 Å². The molecule has 2 N–H and O–H groups in total. The van der Waals surface area contributed by atoms with Gasteiger partial charge in [-0.05, 0) is 48.7 Å². The lowest BCUT2D eigenvalue weighted by Gasteiger charge is -2.23. The highest BCUT2D eigenvalue weighted by atomic mass is 35.5. The number of nitrogens with one attached hydrogen (secondary N) is 2. The predicted octanol–water partition coefficient (Wildman–Crippen LogP) is 5.28. The lowest BCUT2D eigenvalue weighted by atomic mass is 10.0. The molecule has 0 fully saturated rings. The van der Waals surface area contributed by atoms with Crippen LogP contribution in [0.25, 0.3) is 11.1 Å². The standard InChI is InChI=1S/C25H26ClN3O3/c1-17(2)32-23-14-13-21(15-22(23)26)24(30)28-29(25(31)27-3)16-18-9-11-20(12-10-18)19-7-5-4-6-8-19/h4-15,17H,16H2,1-3H3,(H,27,31)(H,28,30). The number of benzene rings is 3. The number of rotatable bonds is 6. The van der Waals surface area contributed by atoms with Crippen molar-refractivity contribution in [3.63, 3.8) is 0 Å². The molecule has 0 saturated heterocycles. The summed E-state index contributed by atoms with van der Waals surface area (Å²) in [4.78, 5) is 25.1. The van der Waals surface area contributed by atoms with Crippen molar-refractivity contribution in [2.24, 2.45) is 0 Å². The lowest BCUT2D eigenvalue weighted by molar-refractivity contribution is 0.0819. The van der Waals surface area contributed by atoms with Crippen LogP contribution in [-0.2, 0) is 6.54 Å². The summed E-state index contributed by atoms with van der Waals surface area (Å²) in [7, 11) is 1.51. The Kier molecular flexibility index (Phi) is 7.73. The van der Waals surface area contributed by atoms with Gasteiger partial charge < -0.3 is 10.1 Å². The number of nitrogens with zero attached hydrogens (tertiary/aromatic N) is 1. The molecule has 3 aromatic rings. The molecule has 0 heterocycles. The largest absolute Gasteiger partial charge is 0.489 e. The first-order valence-corrected chi connectivity index (χ1v) is 10.7. The van der Waals surface area contributed by atoms with Gasteiger partial charge in [0.15, 0.2) is 0 Å². The van der Waals surface area contributed by atoms with Crippen LogP contribution in [-0.4, -0.2) is 30.1 Å². The number of hydrogen-bond acceptors (Lipinski definition) is 3. The third-order valence-corrected chi connectivity index (χ3v) is 4.95. The molecule has 7 heteroatoms. The van der Waals surface area contributed by atoms with Gasteiger partial charge in [-0.2, -0.15) is 0 Å². The minimum atomic E-state index is -0.451. The Morgan fingerprint density at radius 1 is 0.969 bits per heavy atom. The number of carbonyl (C=O) groups is 2. The quantitative estimate of drug-likeness (QED) is 0.501. The van der Waals surface area contributed by atoms with Crippen molar-refractivity contribution in [3.05, 3.63) is 88.9 Å². The molecule has 0 aliphatic rings. The molecule has 0 bridgehead atoms. The Labute approximate surface area is 193 Å². The zero-order valence-corrected chi connectivity index (χ0v) is 19.0. The third kappa shape index (κ3) is 6.02. The van der Waals surface area contributed by atoms with E-state index in [1.807, 2.05) is 68.4 Å². The van der Waals surface area contributed by atoms with Crippen LogP contribution in [0.2, 0.25) is 5.02 Å². The van der Waals surface area contributed by atoms with E-state index in [0.29, 0.717) is 16.3 Å². The summed E-state index contributed by atoms with van der Waals surface area (Å²) in [6.45, 7) is 3.98. The van der Waals surface area contributed by atoms with Crippen LogP contribution in [0.3, 0.4) is 0 Å². The first kappa shape index (κ1) is 23.2. The second kappa shape index (κ2) is 10.7. The van der Waals surface area contributed by atoms with E-state index < -0.39 is 11.9 Å². The lowest BCUT2D eigenvalue weighted by Crippen LogP contribution is -2.49. The van der Waals surface area contributed by atoms with Crippen molar-refractivity contribution in [1.82, 2.24) is 15.8 Å². The first-order valence-electron chi connectivity index (χ1n) is 10.3. The van der Waals surface area contributed by atoms with Crippen LogP contribution in [0.4, 0.5) is 4.79 Å². The van der Waals surface area contributed by atoms with Crippen LogP contribution in [0, 0.1) is 0 Å². The molecule has 0 spiro atoms. The van der Waals surface area contributed by atoms with Gasteiger partial charge in [0.05, 0.1) is 17.7 Å². The number of carbonyl (C=O) groups excluding carboxylic acids is 2. The molecule has 0 aliphatic heterocycles. The maximum absolute atomic E-state index is 12.8. The van der Waals surface area contributed by atoms with Gasteiger partial charge in [0.25, 0.3) is 5.91 Å². The number of ether oxygens (including phenoxy) is 1. The Balaban J connectivity index is 1.72. The summed E-state index contributed by atoms with van der Waals surface area (Å²) in [6, 6.07) is 22.2. The van der Waals surface area contributed by atoms with Crippen molar-refractivity contribution in [1.29, 1.82) is 0 Å². The Hall–Kier alpha value is -3.51. The summed E-state index contributed by atoms with van der Waals surface area (Å²) in [5.74, 6) is 0.0485. The fraction of sp³-hybridized carbons (Fsp3) is 0.200. The van der Waals surface area contributed by atoms with Crippen molar-refractivity contribution in [2.75, 3.05) is 7.05 Å². The van der Waals surface area contributed by atoms with Gasteiger partial charge in [-0.15, -0.1) is 0 Å². The number of hydrogen-bond donors (Lipinski definition) is 2. The molecule has 6 nitrogen and oxygen atoms in total. The topological polar surface area (TPSA) is 70.7 Å². The summed E-state index contributed by atoms with van der Waals surface area (Å²) in [6.07, 6.45) is -0.0378. The van der Waals surface area contributed by atoms with E-state index in [4.69, 9.17) is 16.3 Å². The summed E-state index contributed by atoms with van der Waals surface area (Å²) >= 11 is 6.24. The highest BCUT2D eigenvalue weighted by molar-refractivity contribution is 6.32. The molecule has 0 aromatic heterocycles. The second-order valence-electron chi connectivity index (χ2n) is 7.46. The molecule has 3 rings (SSSR count). The van der Waals surface area contributed by atoms with E-state index in [1.54, 1.807) is 12.1 Å². The monoisotopic (exact) mass is 451 g/mol. The average Bonchev–Trinajstić information content (AvgIpc) is 2.80. The van der Waals surface area contributed by atoms with Gasteiger partial charge in [0.2, 0.25) is 0 Å². The molecule has 0 radical (unpaired) electrons. The molecule has 3 aromatic carbocycles. The van der Waals surface area contributed by atoms with E-state index in [9.17, 15) is 9.59 Å². The number of urea groups is 1. The average molecular weight is 452 g/mol. The number of amides is 3. The van der Waals surface area contributed by atoms with Gasteiger partial charge >= 0.3 is 6.03 Å². The summed E-state index contributed by atoms with van der Waals surface area (Å²) in [5.41, 5.74) is 6.02. The zero-order chi connectivity index (χ0) is 23.1. The SMILES string of the molecule is CNC(=O)N(Cc1ccc(-c2ccccc2)cc1)NC(=O)c1ccc(OC(C)C)c(Cl)c1. The molecule has 0 saturated carbocycles. The fourth-order valence-corrected chi connectivity index (χ4v) is 3.32. The molecule has 0 unspecified atom stereocenters. The molecular weight excluding hydrogens is 426 g/mol. The van der Waals surface area contributed by atoms with E-state index in [2.05, 4.69) is 10.7 Å². The molecule has 0 aliphatic carbocycles. The Morgan fingerprint density at radius 3 is 2.22 bits per heavy atom. The summed E-state index contributed by atoms with van der Waals surface area (Å²) in [5, 5.41) is 4.10. The minimum absolute atomic E-state index is 0.0378. The van der Waals surface area contributed by atoms with Crippen LogP contribution in [0.5, 0.6) is 5.75 Å². The normalized spacial score (nSPS) is 10.5. The molecule has 166 valence electrons. The van der Waals surface area contributed by atoms with E-state index in [0.717, 1.165) is 16.7 Å². The third-order valence-electron chi connectivity index (χ3n) is 4.65. The number of hydrazine groups is 1. The summed E-state index contributed by atoms with van der Waals surface area (Å²) < 4.78 is 5.60. The maximum atomic E-state index is 12.8. The highest BCUT2D eigenvalue weighted by Crippen LogP contribution is 2.26. The first-order chi connectivity index (χ1) is 15.4. The zero-order valence-electron chi connectivity index (χ0n) is 18.3. The Morgan fingerprint density at radius 2 is 1.62 bits per heavy atom. The van der Waals surface area contributed by atoms with Crippen LogP contribution in [0.1, 0.15) is 29.8 Å². The Bertz CT molecular complexity index is 1070. The van der Waals surface area contributed by atoms with Crippen molar-refractivity contribution in [2.45, 2.75) is 26.5 Å². The smallest absolute Gasteiger partial charge is 0.336 e. The van der Waals surface area contributed by atoms with Crippen LogP contribution >= 0.6 is 11.6 Å². The predicted molar refractivity (Wildman–Crippen MR) is 127 cm³/mol. The van der Waals surface area contributed by atoms with Crippen LogP contribution in [0.15, 0.2) is 72.8 Å². The molecule has 0 atom stereocenters. The van der Waals surface area contributed by atoms with Gasteiger partial charge in [0.1, 0.15) is 5.75 Å². The van der Waals surface area contributed by atoms with Gasteiger partial charge in [-0.3, -0.25) is 10.2 Å². The maximum Gasteiger partial charge on any atom is 0.336 e. The highest BCUT2D eigenvalue weighted by Gasteiger charge is 2.18. The van der Waals surface area contributed by atoms with E-state index in [-0.39, 0.29) is 12.6 Å². The van der Waals surface area contributed by atoms with E-state index in [1.165, 1.54) is 18.1 Å². The molecule has 3 amide bonds. The molecular formula is C25H26ClN3O3. The van der Waals surface area contributed by atoms with Gasteiger partial charge in [-0.25, -0.2) is 9.80 Å². The second-order valence-corrected chi connectivity index (χ2v) is 7.86. The van der Waals surface area contributed by atoms with Gasteiger partial charge in [-0.1, -0.05) is 66.2 Å². The van der Waals surface area contributed by atoms with Crippen molar-refractivity contribution < 1.29 is 14.3 Å².